The summed E-state index contributed by atoms with van der Waals surface area (Å²) in [5.74, 6) is 0.780. The van der Waals surface area contributed by atoms with Gasteiger partial charge in [0.1, 0.15) is 12.4 Å². The molecule has 0 aromatic heterocycles. The van der Waals surface area contributed by atoms with E-state index in [9.17, 15) is 0 Å². The third kappa shape index (κ3) is 4.60. The number of oxime groups is 1. The highest BCUT2D eigenvalue weighted by atomic mass is 16.5. The van der Waals surface area contributed by atoms with E-state index < -0.39 is 0 Å². The fourth-order valence-corrected chi connectivity index (χ4v) is 1.32. The molecule has 1 aromatic rings. The smallest absolute Gasteiger partial charge is 0.170 e. The Labute approximate surface area is 106 Å². The fraction of sp³-hybridized carbons (Fsp3) is 0.417. The molecular formula is C12H19N3O3. The highest BCUT2D eigenvalue weighted by molar-refractivity contribution is 5.97. The van der Waals surface area contributed by atoms with E-state index in [0.29, 0.717) is 24.5 Å². The van der Waals surface area contributed by atoms with E-state index in [-0.39, 0.29) is 18.5 Å². The van der Waals surface area contributed by atoms with Gasteiger partial charge in [0.25, 0.3) is 0 Å². The lowest BCUT2D eigenvalue weighted by Crippen LogP contribution is -2.32. The van der Waals surface area contributed by atoms with Gasteiger partial charge in [0.2, 0.25) is 0 Å². The third-order valence-electron chi connectivity index (χ3n) is 2.40. The molecule has 1 unspecified atom stereocenters. The fourth-order valence-electron chi connectivity index (χ4n) is 1.32. The Bertz CT molecular complexity index is 379. The first kappa shape index (κ1) is 14.3. The van der Waals surface area contributed by atoms with Crippen LogP contribution in [-0.4, -0.2) is 41.9 Å². The maximum Gasteiger partial charge on any atom is 0.170 e. The second-order valence-corrected chi connectivity index (χ2v) is 3.90. The number of aliphatic hydroxyl groups is 1. The molecule has 0 spiro atoms. The van der Waals surface area contributed by atoms with Gasteiger partial charge in [-0.05, 0) is 31.2 Å². The Morgan fingerprint density at radius 1 is 1.44 bits per heavy atom. The molecule has 0 bridgehead atoms. The number of aliphatic hydroxyl groups excluding tert-OH is 1. The first-order chi connectivity index (χ1) is 8.67. The lowest BCUT2D eigenvalue weighted by atomic mass is 10.2. The van der Waals surface area contributed by atoms with E-state index in [1.165, 1.54) is 0 Å². The van der Waals surface area contributed by atoms with Crippen molar-refractivity contribution in [3.63, 3.8) is 0 Å². The number of hydrogen-bond donors (Lipinski definition) is 4. The largest absolute Gasteiger partial charge is 0.492 e. The van der Waals surface area contributed by atoms with Crippen LogP contribution in [0.2, 0.25) is 0 Å². The minimum atomic E-state index is 0.0662. The van der Waals surface area contributed by atoms with Crippen molar-refractivity contribution in [1.82, 2.24) is 5.32 Å². The number of nitrogens with two attached hydrogens (primary N) is 1. The van der Waals surface area contributed by atoms with Crippen molar-refractivity contribution < 1.29 is 15.1 Å². The summed E-state index contributed by atoms with van der Waals surface area (Å²) in [6.07, 6.45) is 0. The van der Waals surface area contributed by atoms with Gasteiger partial charge in [-0.25, -0.2) is 0 Å². The topological polar surface area (TPSA) is 100 Å². The van der Waals surface area contributed by atoms with E-state index in [1.54, 1.807) is 24.3 Å². The van der Waals surface area contributed by atoms with Crippen molar-refractivity contribution in [2.24, 2.45) is 10.9 Å². The van der Waals surface area contributed by atoms with Crippen molar-refractivity contribution in [2.75, 3.05) is 19.8 Å². The molecule has 1 aromatic carbocycles. The van der Waals surface area contributed by atoms with Gasteiger partial charge in [0, 0.05) is 18.2 Å². The zero-order valence-corrected chi connectivity index (χ0v) is 10.3. The normalized spacial score (nSPS) is 13.3. The van der Waals surface area contributed by atoms with E-state index in [4.69, 9.17) is 20.8 Å². The molecule has 5 N–H and O–H groups in total. The summed E-state index contributed by atoms with van der Waals surface area (Å²) in [6, 6.07) is 7.00. The number of amidine groups is 1. The predicted octanol–water partition coefficient (Wildman–Crippen LogP) is 0.130. The molecule has 18 heavy (non-hydrogen) atoms. The van der Waals surface area contributed by atoms with Crippen LogP contribution in [0.4, 0.5) is 0 Å². The summed E-state index contributed by atoms with van der Waals surface area (Å²) in [5.41, 5.74) is 6.08. The second-order valence-electron chi connectivity index (χ2n) is 3.90. The lowest BCUT2D eigenvalue weighted by Gasteiger charge is -2.11. The van der Waals surface area contributed by atoms with E-state index in [0.717, 1.165) is 0 Å². The third-order valence-corrected chi connectivity index (χ3v) is 2.40. The van der Waals surface area contributed by atoms with Crippen LogP contribution in [0.5, 0.6) is 5.75 Å². The molecule has 0 aliphatic rings. The molecule has 6 heteroatoms. The van der Waals surface area contributed by atoms with Crippen molar-refractivity contribution in [1.29, 1.82) is 0 Å². The van der Waals surface area contributed by atoms with Crippen LogP contribution in [0.15, 0.2) is 29.4 Å². The second kappa shape index (κ2) is 7.52. The van der Waals surface area contributed by atoms with Crippen molar-refractivity contribution in [3.8, 4) is 5.75 Å². The van der Waals surface area contributed by atoms with Gasteiger partial charge in [0.15, 0.2) is 5.84 Å². The Hall–Kier alpha value is -1.79. The molecule has 100 valence electrons. The van der Waals surface area contributed by atoms with Crippen LogP contribution in [0.3, 0.4) is 0 Å². The van der Waals surface area contributed by atoms with Crippen LogP contribution >= 0.6 is 0 Å². The van der Waals surface area contributed by atoms with Crippen LogP contribution in [0.25, 0.3) is 0 Å². The average molecular weight is 253 g/mol. The van der Waals surface area contributed by atoms with Gasteiger partial charge in [-0.2, -0.15) is 0 Å². The minimum absolute atomic E-state index is 0.0662. The maximum atomic E-state index is 8.81. The highest BCUT2D eigenvalue weighted by Gasteiger charge is 2.00. The minimum Gasteiger partial charge on any atom is -0.492 e. The average Bonchev–Trinajstić information content (AvgIpc) is 2.43. The lowest BCUT2D eigenvalue weighted by molar-refractivity contribution is 0.239. The summed E-state index contributed by atoms with van der Waals surface area (Å²) >= 11 is 0. The van der Waals surface area contributed by atoms with E-state index >= 15 is 0 Å². The van der Waals surface area contributed by atoms with Gasteiger partial charge >= 0.3 is 0 Å². The van der Waals surface area contributed by atoms with Gasteiger partial charge in [0.05, 0.1) is 6.61 Å². The summed E-state index contributed by atoms with van der Waals surface area (Å²) in [7, 11) is 0. The molecule has 0 aliphatic carbocycles. The van der Waals surface area contributed by atoms with Gasteiger partial charge in [-0.15, -0.1) is 0 Å². The number of ether oxygens (including phenoxy) is 1. The molecule has 1 atom stereocenters. The highest BCUT2D eigenvalue weighted by Crippen LogP contribution is 2.11. The van der Waals surface area contributed by atoms with Crippen LogP contribution < -0.4 is 15.8 Å². The molecule has 0 aliphatic heterocycles. The molecule has 0 amide bonds. The zero-order valence-electron chi connectivity index (χ0n) is 10.3. The Balaban J connectivity index is 2.36. The van der Waals surface area contributed by atoms with Crippen molar-refractivity contribution in [2.45, 2.75) is 13.0 Å². The number of benzene rings is 1. The number of nitrogens with one attached hydrogen (secondary N) is 1. The summed E-state index contributed by atoms with van der Waals surface area (Å²) in [4.78, 5) is 0. The van der Waals surface area contributed by atoms with Crippen LogP contribution in [-0.2, 0) is 0 Å². The van der Waals surface area contributed by atoms with Gasteiger partial charge in [-0.1, -0.05) is 5.16 Å². The number of rotatable bonds is 7. The summed E-state index contributed by atoms with van der Waals surface area (Å²) in [5, 5.41) is 23.3. The molecule has 0 saturated carbocycles. The van der Waals surface area contributed by atoms with Crippen LogP contribution in [0.1, 0.15) is 12.5 Å². The molecule has 1 rings (SSSR count). The zero-order chi connectivity index (χ0) is 13.4. The first-order valence-corrected chi connectivity index (χ1v) is 5.72. The molecule has 6 nitrogen and oxygen atoms in total. The molecule has 0 radical (unpaired) electrons. The van der Waals surface area contributed by atoms with Crippen molar-refractivity contribution in [3.05, 3.63) is 29.8 Å². The van der Waals surface area contributed by atoms with E-state index in [2.05, 4.69) is 10.5 Å². The molecule has 0 fully saturated rings. The summed E-state index contributed by atoms with van der Waals surface area (Å²) < 4.78 is 5.48. The summed E-state index contributed by atoms with van der Waals surface area (Å²) in [6.45, 7) is 3.16. The molecule has 0 heterocycles. The number of hydrogen-bond acceptors (Lipinski definition) is 5. The Morgan fingerprint density at radius 3 is 2.67 bits per heavy atom. The Kier molecular flexibility index (Phi) is 5.96. The predicted molar refractivity (Wildman–Crippen MR) is 69.0 cm³/mol. The molecular weight excluding hydrogens is 234 g/mol. The number of nitrogens with zero attached hydrogens (tertiary/aromatic N) is 1. The molecule has 0 saturated heterocycles. The van der Waals surface area contributed by atoms with E-state index in [1.807, 2.05) is 6.92 Å². The van der Waals surface area contributed by atoms with Crippen molar-refractivity contribution >= 4 is 5.84 Å². The van der Waals surface area contributed by atoms with Gasteiger partial charge in [-0.3, -0.25) is 0 Å². The Morgan fingerprint density at radius 2 is 2.11 bits per heavy atom. The van der Waals surface area contributed by atoms with Gasteiger partial charge < -0.3 is 26.1 Å². The quantitative estimate of drug-likeness (QED) is 0.182. The SMILES string of the molecule is CC(CO)NCCOc1ccc(C(N)=NO)cc1. The maximum absolute atomic E-state index is 8.81. The van der Waals surface area contributed by atoms with Crippen LogP contribution in [0, 0.1) is 0 Å². The monoisotopic (exact) mass is 253 g/mol. The first-order valence-electron chi connectivity index (χ1n) is 5.72. The standard InChI is InChI=1S/C12H19N3O3/c1-9(8-16)14-6-7-18-11-4-2-10(3-5-11)12(13)15-17/h2-5,9,14,16-17H,6-8H2,1H3,(H2,13,15).